The van der Waals surface area contributed by atoms with E-state index in [9.17, 15) is 0 Å². The summed E-state index contributed by atoms with van der Waals surface area (Å²) >= 11 is 0. The van der Waals surface area contributed by atoms with Crippen LogP contribution in [-0.2, 0) is 9.47 Å². The number of hydrogen-bond donors (Lipinski definition) is 0. The van der Waals surface area contributed by atoms with E-state index in [0.29, 0.717) is 0 Å². The maximum atomic E-state index is 6.26. The minimum Gasteiger partial charge on any atom is -0.339 e. The normalized spacial score (nSPS) is 17.2. The molecular formula is C31H30O2. The average molecular weight is 435 g/mol. The molecule has 166 valence electrons. The maximum Gasteiger partial charge on any atom is 0.185 e. The van der Waals surface area contributed by atoms with Gasteiger partial charge < -0.3 is 9.47 Å². The molecule has 2 heteroatoms. The Hall–Kier alpha value is -3.20. The van der Waals surface area contributed by atoms with Gasteiger partial charge in [0.25, 0.3) is 0 Å². The van der Waals surface area contributed by atoms with E-state index in [4.69, 9.17) is 9.47 Å². The van der Waals surface area contributed by atoms with Crippen molar-refractivity contribution in [2.45, 2.75) is 45.2 Å². The van der Waals surface area contributed by atoms with Gasteiger partial charge in [-0.05, 0) is 73.2 Å². The lowest BCUT2D eigenvalue weighted by Crippen LogP contribution is -2.41. The van der Waals surface area contributed by atoms with Gasteiger partial charge in [0.2, 0.25) is 0 Å². The zero-order valence-electron chi connectivity index (χ0n) is 19.7. The molecule has 0 bridgehead atoms. The minimum atomic E-state index is -0.358. The van der Waals surface area contributed by atoms with Crippen molar-refractivity contribution in [1.82, 2.24) is 0 Å². The summed E-state index contributed by atoms with van der Waals surface area (Å²) < 4.78 is 12.5. The van der Waals surface area contributed by atoms with E-state index in [2.05, 4.69) is 125 Å². The van der Waals surface area contributed by atoms with E-state index in [0.717, 1.165) is 11.1 Å². The van der Waals surface area contributed by atoms with Crippen LogP contribution in [0.1, 0.15) is 39.5 Å². The SMILES string of the molecule is CC1(C)OC(c2cccc(-c3cccc(-c4ccc(-c5ccccc5)cc4)c3)c2)OC1(C)C. The van der Waals surface area contributed by atoms with E-state index in [1.807, 2.05) is 6.07 Å². The average Bonchev–Trinajstić information content (AvgIpc) is 3.07. The number of benzene rings is 4. The van der Waals surface area contributed by atoms with Crippen LogP contribution >= 0.6 is 0 Å². The fourth-order valence-electron chi connectivity index (χ4n) is 4.21. The zero-order valence-corrected chi connectivity index (χ0v) is 19.7. The summed E-state index contributed by atoms with van der Waals surface area (Å²) in [7, 11) is 0. The molecule has 0 unspecified atom stereocenters. The summed E-state index contributed by atoms with van der Waals surface area (Å²) in [4.78, 5) is 0. The standard InChI is InChI=1S/C31H30O2/c1-30(2)31(3,4)33-29(32-30)28-15-9-14-27(21-28)26-13-8-12-25(20-26)24-18-16-23(17-19-24)22-10-6-5-7-11-22/h5-21,29H,1-4H3. The van der Waals surface area contributed by atoms with Gasteiger partial charge in [0, 0.05) is 5.56 Å². The Bertz CT molecular complexity index is 1240. The van der Waals surface area contributed by atoms with Gasteiger partial charge in [-0.2, -0.15) is 0 Å². The minimum absolute atomic E-state index is 0.348. The second-order valence-electron chi connectivity index (χ2n) is 9.74. The van der Waals surface area contributed by atoms with Crippen LogP contribution in [0, 0.1) is 0 Å². The first-order chi connectivity index (χ1) is 15.8. The number of ether oxygens (including phenoxy) is 2. The molecule has 1 aliphatic rings. The van der Waals surface area contributed by atoms with Gasteiger partial charge in [-0.1, -0.05) is 91.0 Å². The summed E-state index contributed by atoms with van der Waals surface area (Å²) in [5.41, 5.74) is 7.56. The molecule has 0 spiro atoms. The Morgan fingerprint density at radius 2 is 0.879 bits per heavy atom. The molecule has 33 heavy (non-hydrogen) atoms. The first-order valence-corrected chi connectivity index (χ1v) is 11.5. The molecule has 0 atom stereocenters. The van der Waals surface area contributed by atoms with E-state index in [-0.39, 0.29) is 17.5 Å². The second-order valence-corrected chi connectivity index (χ2v) is 9.74. The van der Waals surface area contributed by atoms with Gasteiger partial charge in [-0.25, -0.2) is 0 Å². The molecule has 0 amide bonds. The van der Waals surface area contributed by atoms with Crippen LogP contribution in [0.5, 0.6) is 0 Å². The van der Waals surface area contributed by atoms with Crippen LogP contribution in [-0.4, -0.2) is 11.2 Å². The highest BCUT2D eigenvalue weighted by Gasteiger charge is 2.49. The lowest BCUT2D eigenvalue weighted by atomic mass is 9.90. The fourth-order valence-corrected chi connectivity index (χ4v) is 4.21. The monoisotopic (exact) mass is 434 g/mol. The van der Waals surface area contributed by atoms with Gasteiger partial charge in [0.05, 0.1) is 11.2 Å². The Morgan fingerprint density at radius 3 is 1.48 bits per heavy atom. The van der Waals surface area contributed by atoms with E-state index in [1.54, 1.807) is 0 Å². The predicted molar refractivity (Wildman–Crippen MR) is 136 cm³/mol. The third kappa shape index (κ3) is 4.25. The lowest BCUT2D eigenvalue weighted by molar-refractivity contribution is -0.0895. The first-order valence-electron chi connectivity index (χ1n) is 11.5. The second kappa shape index (κ2) is 8.30. The van der Waals surface area contributed by atoms with Gasteiger partial charge in [0.1, 0.15) is 0 Å². The molecule has 0 radical (unpaired) electrons. The summed E-state index contributed by atoms with van der Waals surface area (Å²) in [5, 5.41) is 0. The Labute approximate surface area is 196 Å². The van der Waals surface area contributed by atoms with E-state index >= 15 is 0 Å². The Morgan fingerprint density at radius 1 is 0.455 bits per heavy atom. The Kier molecular flexibility index (Phi) is 5.44. The molecular weight excluding hydrogens is 404 g/mol. The third-order valence-corrected chi connectivity index (χ3v) is 6.93. The topological polar surface area (TPSA) is 18.5 Å². The van der Waals surface area contributed by atoms with Crippen molar-refractivity contribution in [1.29, 1.82) is 0 Å². The molecule has 4 aromatic carbocycles. The highest BCUT2D eigenvalue weighted by atomic mass is 16.7. The maximum absolute atomic E-state index is 6.26. The number of hydrogen-bond acceptors (Lipinski definition) is 2. The lowest BCUT2D eigenvalue weighted by Gasteiger charge is -2.30. The predicted octanol–water partition coefficient (Wildman–Crippen LogP) is 8.29. The molecule has 2 nitrogen and oxygen atoms in total. The molecule has 0 aromatic heterocycles. The van der Waals surface area contributed by atoms with Crippen molar-refractivity contribution < 1.29 is 9.47 Å². The van der Waals surface area contributed by atoms with Crippen molar-refractivity contribution in [3.8, 4) is 33.4 Å². The first kappa shape index (κ1) is 21.6. The van der Waals surface area contributed by atoms with Gasteiger partial charge in [0.15, 0.2) is 6.29 Å². The van der Waals surface area contributed by atoms with E-state index in [1.165, 1.54) is 27.8 Å². The molecule has 5 rings (SSSR count). The summed E-state index contributed by atoms with van der Waals surface area (Å²) in [6, 6.07) is 36.4. The van der Waals surface area contributed by atoms with Crippen molar-refractivity contribution in [3.63, 3.8) is 0 Å². The van der Waals surface area contributed by atoms with Crippen LogP contribution in [0.2, 0.25) is 0 Å². The zero-order chi connectivity index (χ0) is 23.1. The summed E-state index contributed by atoms with van der Waals surface area (Å²) in [5.74, 6) is 0. The Balaban J connectivity index is 1.42. The molecule has 1 heterocycles. The summed E-state index contributed by atoms with van der Waals surface area (Å²) in [6.07, 6.45) is -0.358. The smallest absolute Gasteiger partial charge is 0.185 e. The largest absolute Gasteiger partial charge is 0.339 e. The van der Waals surface area contributed by atoms with Crippen LogP contribution in [0.4, 0.5) is 0 Å². The van der Waals surface area contributed by atoms with Crippen molar-refractivity contribution in [2.75, 3.05) is 0 Å². The highest BCUT2D eigenvalue weighted by molar-refractivity contribution is 5.75. The molecule has 0 N–H and O–H groups in total. The van der Waals surface area contributed by atoms with Gasteiger partial charge in [-0.3, -0.25) is 0 Å². The van der Waals surface area contributed by atoms with Crippen LogP contribution in [0.25, 0.3) is 33.4 Å². The van der Waals surface area contributed by atoms with Crippen LogP contribution in [0.15, 0.2) is 103 Å². The quantitative estimate of drug-likeness (QED) is 0.322. The highest BCUT2D eigenvalue weighted by Crippen LogP contribution is 2.45. The molecule has 1 saturated heterocycles. The fraction of sp³-hybridized carbons (Fsp3) is 0.226. The van der Waals surface area contributed by atoms with Gasteiger partial charge >= 0.3 is 0 Å². The number of rotatable bonds is 4. The van der Waals surface area contributed by atoms with Crippen molar-refractivity contribution in [3.05, 3.63) is 109 Å². The van der Waals surface area contributed by atoms with E-state index < -0.39 is 0 Å². The van der Waals surface area contributed by atoms with Gasteiger partial charge in [-0.15, -0.1) is 0 Å². The molecule has 1 fully saturated rings. The molecule has 0 saturated carbocycles. The van der Waals surface area contributed by atoms with Crippen molar-refractivity contribution in [2.24, 2.45) is 0 Å². The molecule has 1 aliphatic heterocycles. The summed E-state index contributed by atoms with van der Waals surface area (Å²) in [6.45, 7) is 8.35. The molecule has 0 aliphatic carbocycles. The van der Waals surface area contributed by atoms with Crippen molar-refractivity contribution >= 4 is 0 Å². The molecule has 4 aromatic rings. The van der Waals surface area contributed by atoms with Crippen LogP contribution < -0.4 is 0 Å². The third-order valence-electron chi connectivity index (χ3n) is 6.93. The van der Waals surface area contributed by atoms with Crippen LogP contribution in [0.3, 0.4) is 0 Å².